The third-order valence-electron chi connectivity index (χ3n) is 1.50. The number of nitrogen functional groups attached to an aromatic ring is 3. The van der Waals surface area contributed by atoms with Crippen LogP contribution in [0.1, 0.15) is 0 Å². The molecule has 0 bridgehead atoms. The van der Waals surface area contributed by atoms with Crippen LogP contribution in [0.5, 0.6) is 5.75 Å². The first-order valence-electron chi connectivity index (χ1n) is 3.14. The average molecular weight is 153 g/mol. The van der Waals surface area contributed by atoms with Crippen molar-refractivity contribution in [2.45, 2.75) is 0 Å². The molecule has 0 aliphatic heterocycles. The second-order valence-electron chi connectivity index (χ2n) is 2.18. The normalized spacial score (nSPS) is 9.55. The highest BCUT2D eigenvalue weighted by Crippen LogP contribution is 2.31. The standard InChI is InChI=1S/C7H11N3O/c1-11-5-3-2-4(8)6(9)7(5)10/h2-3H,8-10H2,1H3. The molecule has 11 heavy (non-hydrogen) atoms. The summed E-state index contributed by atoms with van der Waals surface area (Å²) in [5, 5.41) is 0. The first-order chi connectivity index (χ1) is 5.16. The smallest absolute Gasteiger partial charge is 0.144 e. The minimum Gasteiger partial charge on any atom is -0.495 e. The fourth-order valence-electron chi connectivity index (χ4n) is 0.811. The lowest BCUT2D eigenvalue weighted by Gasteiger charge is -2.08. The highest BCUT2D eigenvalue weighted by molar-refractivity contribution is 5.81. The molecule has 0 spiro atoms. The van der Waals surface area contributed by atoms with Gasteiger partial charge in [-0.3, -0.25) is 0 Å². The van der Waals surface area contributed by atoms with Gasteiger partial charge < -0.3 is 21.9 Å². The first kappa shape index (κ1) is 7.53. The third kappa shape index (κ3) is 1.14. The molecule has 0 fully saturated rings. The maximum atomic E-state index is 5.56. The van der Waals surface area contributed by atoms with Gasteiger partial charge in [0.1, 0.15) is 5.75 Å². The Kier molecular flexibility index (Phi) is 1.76. The molecule has 0 atom stereocenters. The number of benzene rings is 1. The molecule has 0 unspecified atom stereocenters. The lowest BCUT2D eigenvalue weighted by Crippen LogP contribution is -2.01. The predicted octanol–water partition coefficient (Wildman–Crippen LogP) is 0.442. The van der Waals surface area contributed by atoms with Crippen molar-refractivity contribution >= 4 is 17.1 Å². The van der Waals surface area contributed by atoms with Crippen molar-refractivity contribution in [1.82, 2.24) is 0 Å². The van der Waals surface area contributed by atoms with E-state index in [1.54, 1.807) is 12.1 Å². The molecule has 0 amide bonds. The number of anilines is 3. The van der Waals surface area contributed by atoms with E-state index >= 15 is 0 Å². The SMILES string of the molecule is COc1ccc(N)c(N)c1N. The van der Waals surface area contributed by atoms with Crippen molar-refractivity contribution in [2.75, 3.05) is 24.3 Å². The minimum absolute atomic E-state index is 0.379. The zero-order chi connectivity index (χ0) is 8.43. The lowest BCUT2D eigenvalue weighted by molar-refractivity contribution is 0.417. The summed E-state index contributed by atoms with van der Waals surface area (Å²) < 4.78 is 4.92. The van der Waals surface area contributed by atoms with Gasteiger partial charge in [0.15, 0.2) is 0 Å². The van der Waals surface area contributed by atoms with Crippen LogP contribution in [0, 0.1) is 0 Å². The largest absolute Gasteiger partial charge is 0.495 e. The second-order valence-corrected chi connectivity index (χ2v) is 2.18. The van der Waals surface area contributed by atoms with E-state index in [1.807, 2.05) is 0 Å². The van der Waals surface area contributed by atoms with Gasteiger partial charge in [0, 0.05) is 0 Å². The van der Waals surface area contributed by atoms with E-state index in [4.69, 9.17) is 21.9 Å². The van der Waals surface area contributed by atoms with E-state index < -0.39 is 0 Å². The Morgan fingerprint density at radius 3 is 2.27 bits per heavy atom. The van der Waals surface area contributed by atoms with Gasteiger partial charge in [-0.2, -0.15) is 0 Å². The minimum atomic E-state index is 0.379. The van der Waals surface area contributed by atoms with Gasteiger partial charge >= 0.3 is 0 Å². The van der Waals surface area contributed by atoms with E-state index in [9.17, 15) is 0 Å². The molecule has 60 valence electrons. The van der Waals surface area contributed by atoms with Crippen molar-refractivity contribution in [3.63, 3.8) is 0 Å². The molecule has 4 heteroatoms. The number of rotatable bonds is 1. The molecule has 0 aliphatic carbocycles. The number of hydrogen-bond donors (Lipinski definition) is 3. The van der Waals surface area contributed by atoms with Crippen molar-refractivity contribution < 1.29 is 4.74 Å². The summed E-state index contributed by atoms with van der Waals surface area (Å²) >= 11 is 0. The molecule has 0 heterocycles. The monoisotopic (exact) mass is 153 g/mol. The topological polar surface area (TPSA) is 87.3 Å². The van der Waals surface area contributed by atoms with E-state index in [2.05, 4.69) is 0 Å². The predicted molar refractivity (Wildman–Crippen MR) is 46.2 cm³/mol. The Morgan fingerprint density at radius 1 is 1.09 bits per heavy atom. The summed E-state index contributed by atoms with van der Waals surface area (Å²) in [5.74, 6) is 0.553. The highest BCUT2D eigenvalue weighted by Gasteiger charge is 2.04. The van der Waals surface area contributed by atoms with Gasteiger partial charge in [0.25, 0.3) is 0 Å². The molecule has 0 aromatic heterocycles. The van der Waals surface area contributed by atoms with Crippen LogP contribution in [-0.2, 0) is 0 Å². The summed E-state index contributed by atoms with van der Waals surface area (Å²) in [6.45, 7) is 0. The summed E-state index contributed by atoms with van der Waals surface area (Å²) in [6.07, 6.45) is 0. The molecular weight excluding hydrogens is 142 g/mol. The Morgan fingerprint density at radius 2 is 1.73 bits per heavy atom. The van der Waals surface area contributed by atoms with Crippen LogP contribution in [-0.4, -0.2) is 7.11 Å². The third-order valence-corrected chi connectivity index (χ3v) is 1.50. The highest BCUT2D eigenvalue weighted by atomic mass is 16.5. The van der Waals surface area contributed by atoms with Gasteiger partial charge in [0.05, 0.1) is 24.2 Å². The zero-order valence-corrected chi connectivity index (χ0v) is 6.29. The van der Waals surface area contributed by atoms with Gasteiger partial charge in [-0.15, -0.1) is 0 Å². The molecule has 0 saturated heterocycles. The summed E-state index contributed by atoms with van der Waals surface area (Å²) in [6, 6.07) is 3.34. The van der Waals surface area contributed by atoms with Gasteiger partial charge in [0.2, 0.25) is 0 Å². The van der Waals surface area contributed by atoms with Crippen LogP contribution in [0.15, 0.2) is 12.1 Å². The van der Waals surface area contributed by atoms with Crippen LogP contribution in [0.3, 0.4) is 0 Å². The number of ether oxygens (including phenoxy) is 1. The fourth-order valence-corrected chi connectivity index (χ4v) is 0.811. The summed E-state index contributed by atoms with van der Waals surface area (Å²) in [4.78, 5) is 0. The molecule has 1 aromatic carbocycles. The van der Waals surface area contributed by atoms with Crippen molar-refractivity contribution in [1.29, 1.82) is 0 Å². The molecule has 4 nitrogen and oxygen atoms in total. The van der Waals surface area contributed by atoms with Crippen LogP contribution in [0.25, 0.3) is 0 Å². The average Bonchev–Trinajstić information content (AvgIpc) is 2.01. The zero-order valence-electron chi connectivity index (χ0n) is 6.29. The molecule has 0 aliphatic rings. The van der Waals surface area contributed by atoms with E-state index in [0.29, 0.717) is 22.8 Å². The van der Waals surface area contributed by atoms with Gasteiger partial charge in [-0.1, -0.05) is 0 Å². The second kappa shape index (κ2) is 2.57. The maximum Gasteiger partial charge on any atom is 0.144 e. The Bertz CT molecular complexity index is 273. The molecular formula is C7H11N3O. The summed E-state index contributed by atoms with van der Waals surface area (Å²) in [7, 11) is 1.53. The maximum absolute atomic E-state index is 5.56. The fraction of sp³-hybridized carbons (Fsp3) is 0.143. The van der Waals surface area contributed by atoms with E-state index in [1.165, 1.54) is 7.11 Å². The van der Waals surface area contributed by atoms with Crippen molar-refractivity contribution in [3.8, 4) is 5.75 Å². The number of nitrogens with two attached hydrogens (primary N) is 3. The molecule has 1 rings (SSSR count). The Hall–Kier alpha value is -1.58. The van der Waals surface area contributed by atoms with E-state index in [-0.39, 0.29) is 0 Å². The molecule has 6 N–H and O–H groups in total. The van der Waals surface area contributed by atoms with Gasteiger partial charge in [-0.25, -0.2) is 0 Å². The molecule has 1 aromatic rings. The number of hydrogen-bond acceptors (Lipinski definition) is 4. The Balaban J connectivity index is 3.25. The Labute approximate surface area is 64.9 Å². The van der Waals surface area contributed by atoms with Crippen molar-refractivity contribution in [2.24, 2.45) is 0 Å². The van der Waals surface area contributed by atoms with Crippen LogP contribution < -0.4 is 21.9 Å². The molecule has 0 radical (unpaired) electrons. The van der Waals surface area contributed by atoms with E-state index in [0.717, 1.165) is 0 Å². The quantitative estimate of drug-likeness (QED) is 0.511. The summed E-state index contributed by atoms with van der Waals surface area (Å²) in [5.41, 5.74) is 17.8. The lowest BCUT2D eigenvalue weighted by atomic mass is 10.2. The van der Waals surface area contributed by atoms with Crippen LogP contribution in [0.4, 0.5) is 17.1 Å². The number of methoxy groups -OCH3 is 1. The van der Waals surface area contributed by atoms with Gasteiger partial charge in [-0.05, 0) is 12.1 Å². The first-order valence-corrected chi connectivity index (χ1v) is 3.14. The van der Waals surface area contributed by atoms with Crippen LogP contribution >= 0.6 is 0 Å². The molecule has 0 saturated carbocycles. The van der Waals surface area contributed by atoms with Crippen molar-refractivity contribution in [3.05, 3.63) is 12.1 Å². The van der Waals surface area contributed by atoms with Crippen LogP contribution in [0.2, 0.25) is 0 Å².